The minimum atomic E-state index is -5.02. The molecule has 22 heteroatoms. The van der Waals surface area contributed by atoms with E-state index in [1.807, 2.05) is 12.1 Å². The molecule has 0 aliphatic carbocycles. The van der Waals surface area contributed by atoms with Gasteiger partial charge in [0.1, 0.15) is 29.9 Å². The van der Waals surface area contributed by atoms with E-state index in [1.54, 1.807) is 18.2 Å². The third kappa shape index (κ3) is 10.1. The summed E-state index contributed by atoms with van der Waals surface area (Å²) in [7, 11) is -5.02. The van der Waals surface area contributed by atoms with Gasteiger partial charge in [-0.05, 0) is 69.0 Å². The minimum Gasteiger partial charge on any atom is -0.489 e. The van der Waals surface area contributed by atoms with Crippen LogP contribution in [0.5, 0.6) is 5.75 Å². The van der Waals surface area contributed by atoms with Crippen molar-refractivity contribution < 1.29 is 46.3 Å². The molecule has 2 atom stereocenters. The maximum absolute atomic E-state index is 13.3. The fourth-order valence-electron chi connectivity index (χ4n) is 6.21. The lowest BCUT2D eigenvalue weighted by Gasteiger charge is -2.50. The number of hydrogen-bond acceptors (Lipinski definition) is 17. The highest BCUT2D eigenvalue weighted by Gasteiger charge is 2.58. The molecule has 6 rings (SSSR count). The first kappa shape index (κ1) is 40.0. The highest BCUT2D eigenvalue weighted by Crippen LogP contribution is 2.33. The fraction of sp³-hybridized carbons (Fsp3) is 0.515. The number of thiazole rings is 1. The molecular formula is C33H44N10O10S2. The lowest BCUT2D eigenvalue weighted by atomic mass is 9.84. The molecule has 55 heavy (non-hydrogen) atoms. The zero-order valence-corrected chi connectivity index (χ0v) is 31.8. The number of aromatic nitrogens is 2. The summed E-state index contributed by atoms with van der Waals surface area (Å²) in [6.07, 6.45) is -0.703. The third-order valence-electron chi connectivity index (χ3n) is 9.43. The number of carboxylic acid groups (broad SMARTS) is 1. The molecule has 2 amide bonds. The van der Waals surface area contributed by atoms with Crippen molar-refractivity contribution in [3.05, 3.63) is 41.4 Å². The van der Waals surface area contributed by atoms with Gasteiger partial charge in [-0.1, -0.05) is 5.16 Å². The number of rotatable bonds is 20. The average Bonchev–Trinajstić information content (AvgIpc) is 3.53. The van der Waals surface area contributed by atoms with Crippen molar-refractivity contribution in [1.82, 2.24) is 35.9 Å². The number of amides is 2. The molecule has 1 unspecified atom stereocenters. The number of oxime groups is 1. The Morgan fingerprint density at radius 3 is 2.44 bits per heavy atom. The van der Waals surface area contributed by atoms with Gasteiger partial charge in [-0.2, -0.15) is 13.5 Å². The lowest BCUT2D eigenvalue weighted by molar-refractivity contribution is -0.218. The molecular weight excluding hydrogens is 761 g/mol. The van der Waals surface area contributed by atoms with Crippen LogP contribution in [-0.4, -0.2) is 138 Å². The summed E-state index contributed by atoms with van der Waals surface area (Å²) in [5.74, 6) is -0.925. The second-order valence-corrected chi connectivity index (χ2v) is 16.0. The molecule has 298 valence electrons. The first-order chi connectivity index (χ1) is 26.2. The van der Waals surface area contributed by atoms with E-state index in [2.05, 4.69) is 40.6 Å². The number of nitrogens with one attached hydrogen (secondary N) is 4. The summed E-state index contributed by atoms with van der Waals surface area (Å²) in [6.45, 7) is 10.6. The number of ether oxygens (including phenoxy) is 1. The van der Waals surface area contributed by atoms with E-state index in [9.17, 15) is 27.9 Å². The van der Waals surface area contributed by atoms with E-state index in [0.717, 1.165) is 93.2 Å². The number of fused-ring (bicyclic) bond motifs is 1. The number of benzene rings is 1. The van der Waals surface area contributed by atoms with Crippen molar-refractivity contribution in [2.45, 2.75) is 38.0 Å². The Labute approximate surface area is 320 Å². The van der Waals surface area contributed by atoms with Crippen LogP contribution in [0.1, 0.15) is 26.0 Å². The van der Waals surface area contributed by atoms with Crippen molar-refractivity contribution >= 4 is 67.1 Å². The Kier molecular flexibility index (Phi) is 12.3. The Morgan fingerprint density at radius 1 is 1.15 bits per heavy atom. The summed E-state index contributed by atoms with van der Waals surface area (Å²) >= 11 is 0.965. The number of hydroxylamine groups is 2. The van der Waals surface area contributed by atoms with Crippen LogP contribution in [0.3, 0.4) is 0 Å². The number of β-lactam (4-membered cyclic amide) rings is 1. The Bertz CT molecular complexity index is 2010. The predicted octanol–water partition coefficient (Wildman–Crippen LogP) is -0.0908. The van der Waals surface area contributed by atoms with Crippen LogP contribution in [0.15, 0.2) is 40.9 Å². The van der Waals surface area contributed by atoms with Gasteiger partial charge < -0.3 is 46.6 Å². The van der Waals surface area contributed by atoms with Gasteiger partial charge in [0.25, 0.3) is 17.9 Å². The summed E-state index contributed by atoms with van der Waals surface area (Å²) in [6, 6.07) is 7.54. The standard InChI is InChI=1S/C33H44N10O10S2/c1-33(2)28(30(45)43(33)53-55(48,49)50)40-29(44)27(24-18-54-32(34)39-24)41-52-25(31(46)47)17-51-22-5-6-23-21(10-22)4-7-26(38-23)37-8-3-9-42(15-19-11-35-12-19)16-20-13-36-14-20/h4-7,10,18-20,25,28,35-36H,3,8-9,11-17H2,1-2H3,(H2,34,39)(H,37,38)(H,40,44)(H,46,47)(H,48,49,50)/b41-27-/t25?,28-/m1/s1. The number of carbonyl (C=O) groups is 3. The molecule has 0 saturated carbocycles. The van der Waals surface area contributed by atoms with Crippen molar-refractivity contribution in [2.24, 2.45) is 17.0 Å². The maximum Gasteiger partial charge on any atom is 0.418 e. The summed E-state index contributed by atoms with van der Waals surface area (Å²) in [5.41, 5.74) is 4.41. The maximum atomic E-state index is 13.3. The predicted molar refractivity (Wildman–Crippen MR) is 201 cm³/mol. The van der Waals surface area contributed by atoms with Gasteiger partial charge in [0, 0.05) is 56.6 Å². The van der Waals surface area contributed by atoms with E-state index in [1.165, 1.54) is 19.2 Å². The largest absolute Gasteiger partial charge is 0.489 e. The number of nitrogens with two attached hydrogens (primary N) is 1. The van der Waals surface area contributed by atoms with Crippen LogP contribution in [0, 0.1) is 11.8 Å². The molecule has 3 aliphatic heterocycles. The number of carbonyl (C=O) groups excluding carboxylic acids is 2. The van der Waals surface area contributed by atoms with Crippen molar-refractivity contribution in [3.8, 4) is 5.75 Å². The van der Waals surface area contributed by atoms with E-state index in [4.69, 9.17) is 24.8 Å². The Balaban J connectivity index is 1.03. The number of carboxylic acids is 1. The first-order valence-electron chi connectivity index (χ1n) is 17.6. The molecule has 1 aromatic carbocycles. The molecule has 3 aromatic rings. The fourth-order valence-corrected chi connectivity index (χ4v) is 7.21. The number of hydrogen-bond donors (Lipinski definition) is 7. The quantitative estimate of drug-likeness (QED) is 0.0258. The SMILES string of the molecule is CC1(C)[C@H](NC(=O)/C(=N\OC(COc2ccc3nc(NCCCN(CC4CNC4)CC4CNC4)ccc3c2)C(=O)O)c2csc(N)n2)C(=O)N1OS(=O)(=O)O. The number of aliphatic carboxylic acids is 1. The summed E-state index contributed by atoms with van der Waals surface area (Å²) < 4.78 is 41.3. The van der Waals surface area contributed by atoms with Crippen molar-refractivity contribution in [2.75, 3.05) is 70.0 Å². The summed E-state index contributed by atoms with van der Waals surface area (Å²) in [4.78, 5) is 54.5. The van der Waals surface area contributed by atoms with Gasteiger partial charge in [0.2, 0.25) is 0 Å². The van der Waals surface area contributed by atoms with Gasteiger partial charge >= 0.3 is 16.4 Å². The monoisotopic (exact) mass is 804 g/mol. The molecule has 20 nitrogen and oxygen atoms in total. The van der Waals surface area contributed by atoms with Crippen LogP contribution >= 0.6 is 11.3 Å². The molecule has 3 saturated heterocycles. The normalized spacial score (nSPS) is 19.3. The van der Waals surface area contributed by atoms with Gasteiger partial charge in [-0.15, -0.1) is 15.6 Å². The van der Waals surface area contributed by atoms with E-state index in [0.29, 0.717) is 16.3 Å². The third-order valence-corrected chi connectivity index (χ3v) is 10.4. The van der Waals surface area contributed by atoms with Crippen LogP contribution in [0.25, 0.3) is 10.9 Å². The van der Waals surface area contributed by atoms with E-state index >= 15 is 0 Å². The highest BCUT2D eigenvalue weighted by molar-refractivity contribution is 7.80. The molecule has 8 N–H and O–H groups in total. The van der Waals surface area contributed by atoms with Crippen molar-refractivity contribution in [3.63, 3.8) is 0 Å². The zero-order valence-electron chi connectivity index (χ0n) is 30.1. The minimum absolute atomic E-state index is 0.0617. The van der Waals surface area contributed by atoms with Crippen LogP contribution in [0.4, 0.5) is 10.9 Å². The van der Waals surface area contributed by atoms with Gasteiger partial charge in [-0.3, -0.25) is 14.1 Å². The summed E-state index contributed by atoms with van der Waals surface area (Å²) in [5, 5.41) is 28.7. The topological polar surface area (TPSA) is 272 Å². The second-order valence-electron chi connectivity index (χ2n) is 14.1. The number of nitrogens with zero attached hydrogens (tertiary/aromatic N) is 5. The second kappa shape index (κ2) is 17.0. The zero-order chi connectivity index (χ0) is 39.3. The first-order valence-corrected chi connectivity index (χ1v) is 19.8. The van der Waals surface area contributed by atoms with Gasteiger partial charge in [0.05, 0.1) is 11.1 Å². The van der Waals surface area contributed by atoms with Crippen LogP contribution in [0.2, 0.25) is 0 Å². The Morgan fingerprint density at radius 2 is 1.85 bits per heavy atom. The molecule has 0 radical (unpaired) electrons. The molecule has 3 fully saturated rings. The van der Waals surface area contributed by atoms with Crippen LogP contribution < -0.4 is 31.7 Å². The molecule has 0 spiro atoms. The number of nitrogen functional groups attached to an aromatic ring is 1. The average molecular weight is 805 g/mol. The van der Waals surface area contributed by atoms with E-state index in [-0.39, 0.29) is 10.8 Å². The lowest BCUT2D eigenvalue weighted by Crippen LogP contribution is -2.76. The molecule has 0 bridgehead atoms. The van der Waals surface area contributed by atoms with Crippen LogP contribution in [-0.2, 0) is 33.9 Å². The molecule has 3 aliphatic rings. The molecule has 2 aromatic heterocycles. The number of pyridine rings is 1. The smallest absolute Gasteiger partial charge is 0.418 e. The Hall–Kier alpha value is -4.71. The number of anilines is 2. The van der Waals surface area contributed by atoms with E-state index < -0.39 is 58.2 Å². The van der Waals surface area contributed by atoms with Crippen molar-refractivity contribution in [1.29, 1.82) is 0 Å². The molecule has 5 heterocycles. The van der Waals surface area contributed by atoms with Gasteiger partial charge in [-0.25, -0.2) is 14.8 Å². The van der Waals surface area contributed by atoms with Gasteiger partial charge in [0.15, 0.2) is 10.8 Å². The highest BCUT2D eigenvalue weighted by atomic mass is 32.3.